The number of ether oxygens (including phenoxy) is 1. The molecule has 174 valence electrons. The molecule has 32 heavy (non-hydrogen) atoms. The molecule has 2 fully saturated rings. The van der Waals surface area contributed by atoms with Crippen molar-refractivity contribution in [3.05, 3.63) is 57.3 Å². The number of phosphoric acid groups is 1. The Kier molecular flexibility index (Phi) is 6.66. The molecule has 0 amide bonds. The summed E-state index contributed by atoms with van der Waals surface area (Å²) in [5.74, 6) is -0.663. The van der Waals surface area contributed by atoms with Crippen LogP contribution in [-0.4, -0.2) is 51.3 Å². The van der Waals surface area contributed by atoms with E-state index >= 15 is 0 Å². The van der Waals surface area contributed by atoms with Crippen LogP contribution in [0.2, 0.25) is 5.02 Å². The number of hydrogen-bond acceptors (Lipinski definition) is 10. The van der Waals surface area contributed by atoms with Crippen molar-refractivity contribution in [2.24, 2.45) is 0 Å². The van der Waals surface area contributed by atoms with Crippen LogP contribution in [0.15, 0.2) is 35.3 Å². The number of nitrogens with two attached hydrogens (primary N) is 1. The first kappa shape index (κ1) is 23.3. The molecule has 0 saturated carbocycles. The Hall–Kier alpha value is -1.89. The maximum Gasteiger partial charge on any atom is 0.475 e. The maximum absolute atomic E-state index is 13.8. The van der Waals surface area contributed by atoms with Crippen molar-refractivity contribution >= 4 is 25.2 Å². The molecule has 0 aliphatic carbocycles. The first-order chi connectivity index (χ1) is 15.2. The summed E-state index contributed by atoms with van der Waals surface area (Å²) in [5, 5.41) is 20.5. The fourth-order valence-corrected chi connectivity index (χ4v) is 4.91. The van der Waals surface area contributed by atoms with Gasteiger partial charge in [-0.1, -0.05) is 17.7 Å². The summed E-state index contributed by atoms with van der Waals surface area (Å²) < 4.78 is 49.0. The van der Waals surface area contributed by atoms with Crippen molar-refractivity contribution < 1.29 is 37.5 Å². The molecule has 1 aromatic carbocycles. The third-order valence-electron chi connectivity index (χ3n) is 5.06. The summed E-state index contributed by atoms with van der Waals surface area (Å²) in [6, 6.07) is 5.39. The first-order valence-corrected chi connectivity index (χ1v) is 11.4. The smallest absolute Gasteiger partial charge is 0.387 e. The Morgan fingerprint density at radius 2 is 2.12 bits per heavy atom. The lowest BCUT2D eigenvalue weighted by Crippen LogP contribution is -2.36. The van der Waals surface area contributed by atoms with Gasteiger partial charge in [-0.15, -0.1) is 0 Å². The summed E-state index contributed by atoms with van der Waals surface area (Å²) in [6.07, 6.45) is -4.60. The standard InChI is InChI=1S/C18H20ClFN3O8P/c19-10-2-1-9(7-11(10)20)12-4-6-28-32(27,31-12)29-8-13-15(24)16(25)17(30-13)23-5-3-14(21)22-18(23)26/h1-3,5,7,12-13,15-17,24-25H,4,6,8H2,(H2,21,22,26)/t12-,13-,15-,16+,17-,32?/m1/s1. The van der Waals surface area contributed by atoms with Gasteiger partial charge in [0, 0.05) is 12.6 Å². The number of benzene rings is 1. The van der Waals surface area contributed by atoms with E-state index in [1.54, 1.807) is 0 Å². The van der Waals surface area contributed by atoms with E-state index in [0.717, 1.165) is 4.57 Å². The number of aliphatic hydroxyl groups is 2. The monoisotopic (exact) mass is 491 g/mol. The minimum Gasteiger partial charge on any atom is -0.387 e. The third-order valence-corrected chi connectivity index (χ3v) is 6.84. The average Bonchev–Trinajstić information content (AvgIpc) is 3.03. The average molecular weight is 492 g/mol. The van der Waals surface area contributed by atoms with E-state index in [2.05, 4.69) is 4.98 Å². The van der Waals surface area contributed by atoms with E-state index in [4.69, 9.17) is 35.6 Å². The van der Waals surface area contributed by atoms with Crippen LogP contribution < -0.4 is 11.4 Å². The number of halogens is 2. The number of phosphoric ester groups is 1. The van der Waals surface area contributed by atoms with Crippen LogP contribution in [-0.2, 0) is 22.9 Å². The van der Waals surface area contributed by atoms with Gasteiger partial charge in [-0.3, -0.25) is 18.1 Å². The SMILES string of the molecule is Nc1ccn([C@@H]2O[C@H](COP3(=O)OCC[C@H](c4ccc(Cl)c(F)c4)O3)[C@@H](O)[C@@H]2O)c(=O)n1. The molecular weight excluding hydrogens is 472 g/mol. The Bertz CT molecular complexity index is 1100. The topological polar surface area (TPSA) is 155 Å². The van der Waals surface area contributed by atoms with Crippen molar-refractivity contribution in [2.45, 2.75) is 37.1 Å². The fraction of sp³-hybridized carbons (Fsp3) is 0.444. The zero-order chi connectivity index (χ0) is 23.0. The Labute approximate surface area is 186 Å². The van der Waals surface area contributed by atoms with Crippen LogP contribution in [0.4, 0.5) is 10.2 Å². The van der Waals surface area contributed by atoms with Crippen LogP contribution in [0.5, 0.6) is 0 Å². The second-order valence-corrected chi connectivity index (χ2v) is 9.25. The largest absolute Gasteiger partial charge is 0.475 e. The van der Waals surface area contributed by atoms with Crippen molar-refractivity contribution in [2.75, 3.05) is 18.9 Å². The van der Waals surface area contributed by atoms with Gasteiger partial charge in [-0.2, -0.15) is 4.98 Å². The molecule has 2 aromatic rings. The molecule has 6 atom stereocenters. The molecule has 3 heterocycles. The highest BCUT2D eigenvalue weighted by Crippen LogP contribution is 2.57. The van der Waals surface area contributed by atoms with Crippen molar-refractivity contribution in [3.63, 3.8) is 0 Å². The maximum atomic E-state index is 13.8. The molecule has 0 radical (unpaired) electrons. The summed E-state index contributed by atoms with van der Waals surface area (Å²) >= 11 is 5.69. The predicted octanol–water partition coefficient (Wildman–Crippen LogP) is 1.54. The van der Waals surface area contributed by atoms with Crippen molar-refractivity contribution in [3.8, 4) is 0 Å². The van der Waals surface area contributed by atoms with Crippen LogP contribution in [0.1, 0.15) is 24.3 Å². The van der Waals surface area contributed by atoms with Gasteiger partial charge in [0.2, 0.25) is 0 Å². The van der Waals surface area contributed by atoms with E-state index in [-0.39, 0.29) is 17.4 Å². The summed E-state index contributed by atoms with van der Waals surface area (Å²) in [4.78, 5) is 15.5. The highest BCUT2D eigenvalue weighted by atomic mass is 35.5. The fourth-order valence-electron chi connectivity index (χ4n) is 3.40. The normalized spacial score (nSPS) is 32.8. The highest BCUT2D eigenvalue weighted by molar-refractivity contribution is 7.48. The first-order valence-electron chi connectivity index (χ1n) is 9.55. The zero-order valence-corrected chi connectivity index (χ0v) is 18.1. The number of nitrogen functional groups attached to an aromatic ring is 1. The number of aromatic nitrogens is 2. The Morgan fingerprint density at radius 1 is 1.34 bits per heavy atom. The van der Waals surface area contributed by atoms with E-state index in [0.29, 0.717) is 12.0 Å². The van der Waals surface area contributed by atoms with Crippen LogP contribution >= 0.6 is 19.4 Å². The van der Waals surface area contributed by atoms with E-state index in [9.17, 15) is 24.0 Å². The molecule has 2 saturated heterocycles. The van der Waals surface area contributed by atoms with Gasteiger partial charge < -0.3 is 20.7 Å². The molecule has 4 rings (SSSR count). The second-order valence-electron chi connectivity index (χ2n) is 7.22. The zero-order valence-electron chi connectivity index (χ0n) is 16.4. The predicted molar refractivity (Wildman–Crippen MR) is 108 cm³/mol. The molecule has 14 heteroatoms. The van der Waals surface area contributed by atoms with Crippen molar-refractivity contribution in [1.29, 1.82) is 0 Å². The number of aliphatic hydroxyl groups excluding tert-OH is 2. The van der Waals surface area contributed by atoms with Crippen LogP contribution in [0.25, 0.3) is 0 Å². The summed E-state index contributed by atoms with van der Waals surface area (Å²) in [7, 11) is -4.09. The van der Waals surface area contributed by atoms with Gasteiger partial charge in [-0.25, -0.2) is 13.8 Å². The molecule has 1 aromatic heterocycles. The lowest BCUT2D eigenvalue weighted by Gasteiger charge is -2.29. The quantitative estimate of drug-likeness (QED) is 0.524. The second kappa shape index (κ2) is 9.16. The van der Waals surface area contributed by atoms with Gasteiger partial charge in [0.05, 0.1) is 24.3 Å². The molecule has 2 aliphatic rings. The molecule has 1 unspecified atom stereocenters. The molecule has 0 bridgehead atoms. The third kappa shape index (κ3) is 4.73. The van der Waals surface area contributed by atoms with E-state index in [1.807, 2.05) is 0 Å². The lowest BCUT2D eigenvalue weighted by atomic mass is 10.1. The van der Waals surface area contributed by atoms with Gasteiger partial charge in [-0.05, 0) is 23.8 Å². The molecule has 0 spiro atoms. The van der Waals surface area contributed by atoms with Crippen LogP contribution in [0.3, 0.4) is 0 Å². The number of anilines is 1. The molecule has 2 aliphatic heterocycles. The molecular formula is C18H20ClFN3O8P. The minimum atomic E-state index is -4.09. The summed E-state index contributed by atoms with van der Waals surface area (Å²) in [5.41, 5.74) is 5.07. The number of hydrogen-bond donors (Lipinski definition) is 3. The van der Waals surface area contributed by atoms with Gasteiger partial charge >= 0.3 is 13.5 Å². The number of nitrogens with zero attached hydrogens (tertiary/aromatic N) is 2. The van der Waals surface area contributed by atoms with Crippen LogP contribution in [0, 0.1) is 5.82 Å². The highest BCUT2D eigenvalue weighted by Gasteiger charge is 2.46. The van der Waals surface area contributed by atoms with Gasteiger partial charge in [0.1, 0.15) is 29.9 Å². The Morgan fingerprint density at radius 3 is 2.84 bits per heavy atom. The number of rotatable bonds is 5. The minimum absolute atomic E-state index is 0.0119. The molecule has 11 nitrogen and oxygen atoms in total. The van der Waals surface area contributed by atoms with Gasteiger partial charge in [0.15, 0.2) is 6.23 Å². The lowest BCUT2D eigenvalue weighted by molar-refractivity contribution is -0.0609. The van der Waals surface area contributed by atoms with E-state index < -0.39 is 56.6 Å². The van der Waals surface area contributed by atoms with Crippen molar-refractivity contribution in [1.82, 2.24) is 9.55 Å². The van der Waals surface area contributed by atoms with E-state index in [1.165, 1.54) is 30.5 Å². The molecule has 4 N–H and O–H groups in total. The van der Waals surface area contributed by atoms with Gasteiger partial charge in [0.25, 0.3) is 0 Å². The Balaban J connectivity index is 1.42. The summed E-state index contributed by atoms with van der Waals surface area (Å²) in [6.45, 7) is -0.469.